The summed E-state index contributed by atoms with van der Waals surface area (Å²) in [5, 5.41) is 0. The predicted octanol–water partition coefficient (Wildman–Crippen LogP) is 1.39. The first-order valence-electron chi connectivity index (χ1n) is 7.86. The molecule has 8 nitrogen and oxygen atoms in total. The van der Waals surface area contributed by atoms with Crippen LogP contribution in [0.3, 0.4) is 0 Å². The normalized spacial score (nSPS) is 11.2. The van der Waals surface area contributed by atoms with Gasteiger partial charge in [-0.25, -0.2) is 17.9 Å². The van der Waals surface area contributed by atoms with E-state index >= 15 is 0 Å². The van der Waals surface area contributed by atoms with Crippen LogP contribution in [-0.2, 0) is 26.1 Å². The molecule has 0 radical (unpaired) electrons. The summed E-state index contributed by atoms with van der Waals surface area (Å²) in [6, 6.07) is 8.87. The molecule has 0 aliphatic carbocycles. The van der Waals surface area contributed by atoms with Crippen molar-refractivity contribution in [2.24, 2.45) is 0 Å². The number of sulfonamides is 1. The van der Waals surface area contributed by atoms with Crippen LogP contribution < -0.4 is 4.72 Å². The molecule has 0 saturated carbocycles. The fourth-order valence-electron chi connectivity index (χ4n) is 2.11. The van der Waals surface area contributed by atoms with Crippen molar-refractivity contribution in [2.75, 3.05) is 20.2 Å². The average Bonchev–Trinajstić information content (AvgIpc) is 3.12. The third-order valence-corrected chi connectivity index (χ3v) is 4.98. The van der Waals surface area contributed by atoms with Crippen LogP contribution in [0.15, 0.2) is 52.0 Å². The molecule has 0 spiro atoms. The van der Waals surface area contributed by atoms with Crippen molar-refractivity contribution in [1.29, 1.82) is 0 Å². The molecule has 0 aliphatic heterocycles. The number of carbonyl (C=O) groups excluding carboxylic acids is 2. The summed E-state index contributed by atoms with van der Waals surface area (Å²) in [5.74, 6) is -0.585. The Balaban J connectivity index is 1.96. The minimum atomic E-state index is -3.68. The fraction of sp³-hybridized carbons (Fsp3) is 0.294. The van der Waals surface area contributed by atoms with Crippen molar-refractivity contribution in [2.45, 2.75) is 18.4 Å². The van der Waals surface area contributed by atoms with Crippen LogP contribution in [0.1, 0.15) is 23.0 Å². The van der Waals surface area contributed by atoms with Crippen LogP contribution in [0.2, 0.25) is 0 Å². The number of nitrogens with one attached hydrogen (secondary N) is 1. The van der Waals surface area contributed by atoms with E-state index in [2.05, 4.69) is 4.72 Å². The molecule has 1 aromatic carbocycles. The molecule has 1 amide bonds. The SMILES string of the molecule is CCNS(=O)(=O)c1cccc(C(=O)OCC(=O)N(C)Cc2ccco2)c1. The third kappa shape index (κ3) is 5.17. The van der Waals surface area contributed by atoms with Crippen LogP contribution in [0.4, 0.5) is 0 Å². The molecular weight excluding hydrogens is 360 g/mol. The molecule has 1 aromatic heterocycles. The number of hydrogen-bond donors (Lipinski definition) is 1. The Hall–Kier alpha value is -2.65. The van der Waals surface area contributed by atoms with E-state index in [0.717, 1.165) is 0 Å². The van der Waals surface area contributed by atoms with Gasteiger partial charge in [0.2, 0.25) is 10.0 Å². The Labute approximate surface area is 151 Å². The van der Waals surface area contributed by atoms with Gasteiger partial charge in [-0.05, 0) is 30.3 Å². The van der Waals surface area contributed by atoms with E-state index in [4.69, 9.17) is 9.15 Å². The number of amides is 1. The molecule has 26 heavy (non-hydrogen) atoms. The van der Waals surface area contributed by atoms with Crippen molar-refractivity contribution in [3.05, 3.63) is 54.0 Å². The van der Waals surface area contributed by atoms with Crippen molar-refractivity contribution in [1.82, 2.24) is 9.62 Å². The van der Waals surface area contributed by atoms with E-state index in [9.17, 15) is 18.0 Å². The Kier molecular flexibility index (Phi) is 6.53. The first kappa shape index (κ1) is 19.7. The highest BCUT2D eigenvalue weighted by atomic mass is 32.2. The molecule has 0 saturated heterocycles. The van der Waals surface area contributed by atoms with Gasteiger partial charge in [-0.1, -0.05) is 13.0 Å². The topological polar surface area (TPSA) is 106 Å². The van der Waals surface area contributed by atoms with Crippen LogP contribution in [-0.4, -0.2) is 45.4 Å². The van der Waals surface area contributed by atoms with Gasteiger partial charge in [0.25, 0.3) is 5.91 Å². The summed E-state index contributed by atoms with van der Waals surface area (Å²) < 4.78 is 36.4. The second-order valence-corrected chi connectivity index (χ2v) is 7.20. The number of furan rings is 1. The van der Waals surface area contributed by atoms with Gasteiger partial charge in [0.1, 0.15) is 5.76 Å². The summed E-state index contributed by atoms with van der Waals surface area (Å²) in [5.41, 5.74) is 0.0467. The quantitative estimate of drug-likeness (QED) is 0.694. The van der Waals surface area contributed by atoms with Crippen LogP contribution >= 0.6 is 0 Å². The second-order valence-electron chi connectivity index (χ2n) is 5.43. The molecule has 0 aliphatic rings. The number of esters is 1. The molecule has 2 aromatic rings. The van der Waals surface area contributed by atoms with Gasteiger partial charge in [0, 0.05) is 13.6 Å². The highest BCUT2D eigenvalue weighted by Gasteiger charge is 2.18. The molecule has 0 unspecified atom stereocenters. The average molecular weight is 380 g/mol. The smallest absolute Gasteiger partial charge is 0.338 e. The van der Waals surface area contributed by atoms with E-state index in [1.54, 1.807) is 26.1 Å². The van der Waals surface area contributed by atoms with Crippen molar-refractivity contribution in [3.8, 4) is 0 Å². The Morgan fingerprint density at radius 3 is 2.65 bits per heavy atom. The second kappa shape index (κ2) is 8.63. The predicted molar refractivity (Wildman–Crippen MR) is 92.8 cm³/mol. The van der Waals surface area contributed by atoms with Crippen LogP contribution in [0, 0.1) is 0 Å². The zero-order chi connectivity index (χ0) is 19.2. The van der Waals surface area contributed by atoms with Gasteiger partial charge < -0.3 is 14.1 Å². The monoisotopic (exact) mass is 380 g/mol. The van der Waals surface area contributed by atoms with Gasteiger partial charge in [-0.15, -0.1) is 0 Å². The van der Waals surface area contributed by atoms with Crippen molar-refractivity contribution in [3.63, 3.8) is 0 Å². The van der Waals surface area contributed by atoms with Crippen molar-refractivity contribution >= 4 is 21.9 Å². The summed E-state index contributed by atoms with van der Waals surface area (Å²) in [6.07, 6.45) is 1.50. The molecular formula is C17H20N2O6S. The van der Waals surface area contributed by atoms with Gasteiger partial charge >= 0.3 is 5.97 Å². The lowest BCUT2D eigenvalue weighted by Crippen LogP contribution is -2.30. The Morgan fingerprint density at radius 1 is 1.23 bits per heavy atom. The highest BCUT2D eigenvalue weighted by Crippen LogP contribution is 2.12. The van der Waals surface area contributed by atoms with E-state index in [-0.39, 0.29) is 23.5 Å². The molecule has 140 valence electrons. The Morgan fingerprint density at radius 2 is 2.00 bits per heavy atom. The Bertz CT molecular complexity index is 861. The molecule has 0 atom stereocenters. The summed E-state index contributed by atoms with van der Waals surface area (Å²) in [7, 11) is -2.13. The summed E-state index contributed by atoms with van der Waals surface area (Å²) in [4.78, 5) is 25.4. The van der Waals surface area contributed by atoms with Crippen LogP contribution in [0.25, 0.3) is 0 Å². The van der Waals surface area contributed by atoms with Gasteiger partial charge in [0.15, 0.2) is 6.61 Å². The lowest BCUT2D eigenvalue weighted by molar-refractivity contribution is -0.133. The molecule has 0 bridgehead atoms. The number of likely N-dealkylation sites (N-methyl/N-ethyl adjacent to an activating group) is 1. The zero-order valence-electron chi connectivity index (χ0n) is 14.5. The number of benzene rings is 1. The minimum Gasteiger partial charge on any atom is -0.467 e. The first-order chi connectivity index (χ1) is 12.3. The standard InChI is InChI=1S/C17H20N2O6S/c1-3-18-26(22,23)15-8-4-6-13(10-15)17(21)25-12-16(20)19(2)11-14-7-5-9-24-14/h4-10,18H,3,11-12H2,1-2H3. The van der Waals surface area contributed by atoms with E-state index in [1.807, 2.05) is 0 Å². The number of ether oxygens (including phenoxy) is 1. The molecule has 2 rings (SSSR count). The van der Waals surface area contributed by atoms with Gasteiger partial charge in [0.05, 0.1) is 23.3 Å². The lowest BCUT2D eigenvalue weighted by atomic mass is 10.2. The molecule has 1 N–H and O–H groups in total. The number of rotatable bonds is 8. The maximum atomic E-state index is 12.1. The van der Waals surface area contributed by atoms with E-state index in [1.165, 1.54) is 35.4 Å². The maximum absolute atomic E-state index is 12.1. The minimum absolute atomic E-state index is 0.0462. The number of nitrogens with zero attached hydrogens (tertiary/aromatic N) is 1. The number of carbonyl (C=O) groups is 2. The first-order valence-corrected chi connectivity index (χ1v) is 9.35. The zero-order valence-corrected chi connectivity index (χ0v) is 15.3. The number of hydrogen-bond acceptors (Lipinski definition) is 6. The molecule has 0 fully saturated rings. The van der Waals surface area contributed by atoms with Gasteiger partial charge in [-0.2, -0.15) is 0 Å². The fourth-order valence-corrected chi connectivity index (χ4v) is 3.20. The van der Waals surface area contributed by atoms with E-state index in [0.29, 0.717) is 5.76 Å². The summed E-state index contributed by atoms with van der Waals surface area (Å²) in [6.45, 7) is 1.67. The maximum Gasteiger partial charge on any atom is 0.338 e. The largest absolute Gasteiger partial charge is 0.467 e. The molecule has 1 heterocycles. The summed E-state index contributed by atoms with van der Waals surface area (Å²) >= 11 is 0. The van der Waals surface area contributed by atoms with E-state index < -0.39 is 28.5 Å². The molecule has 9 heteroatoms. The van der Waals surface area contributed by atoms with Crippen LogP contribution in [0.5, 0.6) is 0 Å². The van der Waals surface area contributed by atoms with Crippen molar-refractivity contribution < 1.29 is 27.2 Å². The van der Waals surface area contributed by atoms with Gasteiger partial charge in [-0.3, -0.25) is 4.79 Å². The highest BCUT2D eigenvalue weighted by molar-refractivity contribution is 7.89. The third-order valence-electron chi connectivity index (χ3n) is 3.44. The lowest BCUT2D eigenvalue weighted by Gasteiger charge is -2.15.